The quantitative estimate of drug-likeness (QED) is 0.831. The Morgan fingerprint density at radius 3 is 2.58 bits per heavy atom. The second kappa shape index (κ2) is 6.27. The summed E-state index contributed by atoms with van der Waals surface area (Å²) in [6.45, 7) is 6.65. The molecule has 4 rings (SSSR count). The van der Waals surface area contributed by atoms with Crippen LogP contribution in [0.15, 0.2) is 42.5 Å². The third-order valence-corrected chi connectivity index (χ3v) is 5.72. The Morgan fingerprint density at radius 1 is 1.04 bits per heavy atom. The molecule has 2 atom stereocenters. The van der Waals surface area contributed by atoms with E-state index in [2.05, 4.69) is 19.9 Å². The van der Waals surface area contributed by atoms with Gasteiger partial charge in [-0.15, -0.1) is 0 Å². The van der Waals surface area contributed by atoms with Crippen LogP contribution in [0.3, 0.4) is 0 Å². The molecule has 134 valence electrons. The molecule has 2 aromatic rings. The van der Waals surface area contributed by atoms with Gasteiger partial charge in [-0.2, -0.15) is 0 Å². The van der Waals surface area contributed by atoms with Crippen molar-refractivity contribution in [2.45, 2.75) is 39.7 Å². The molecule has 0 N–H and O–H groups in total. The average molecular weight is 348 g/mol. The number of hydrogen-bond donors (Lipinski definition) is 0. The van der Waals surface area contributed by atoms with Gasteiger partial charge in [0.25, 0.3) is 0 Å². The maximum Gasteiger partial charge on any atom is 0.232 e. The normalized spacial score (nSPS) is 22.0. The Kier molecular flexibility index (Phi) is 4.06. The number of amides is 2. The maximum atomic E-state index is 13.2. The first-order chi connectivity index (χ1) is 12.5. The monoisotopic (exact) mass is 348 g/mol. The summed E-state index contributed by atoms with van der Waals surface area (Å²) in [7, 11) is 0. The minimum Gasteiger partial charge on any atom is -0.312 e. The number of anilines is 2. The largest absolute Gasteiger partial charge is 0.312 e. The fourth-order valence-corrected chi connectivity index (χ4v) is 4.11. The highest BCUT2D eigenvalue weighted by molar-refractivity contribution is 6.05. The highest BCUT2D eigenvalue weighted by Gasteiger charge is 2.41. The summed E-state index contributed by atoms with van der Waals surface area (Å²) in [5.41, 5.74) is 5.47. The van der Waals surface area contributed by atoms with Crippen molar-refractivity contribution in [3.63, 3.8) is 0 Å². The summed E-state index contributed by atoms with van der Waals surface area (Å²) in [5, 5.41) is 0. The van der Waals surface area contributed by atoms with Crippen LogP contribution in [-0.4, -0.2) is 24.4 Å². The Bertz CT molecular complexity index is 889. The standard InChI is InChI=1S/C22H24N2O2/c1-14-8-9-19(10-15(14)2)23-13-18(12-21(23)25)22(26)24-16(3)11-17-6-4-5-7-20(17)24/h4-10,16,18H,11-13H2,1-3H3/t16-,18+/m1/s1. The second-order valence-electron chi connectivity index (χ2n) is 7.56. The number of para-hydroxylation sites is 1. The molecule has 0 unspecified atom stereocenters. The average Bonchev–Trinajstić information content (AvgIpc) is 3.16. The minimum atomic E-state index is -0.280. The summed E-state index contributed by atoms with van der Waals surface area (Å²) >= 11 is 0. The Hall–Kier alpha value is -2.62. The van der Waals surface area contributed by atoms with Gasteiger partial charge in [-0.3, -0.25) is 9.59 Å². The fraction of sp³-hybridized carbons (Fsp3) is 0.364. The first kappa shape index (κ1) is 16.8. The van der Waals surface area contributed by atoms with Crippen LogP contribution in [0, 0.1) is 19.8 Å². The molecule has 1 fully saturated rings. The van der Waals surface area contributed by atoms with Gasteiger partial charge in [-0.1, -0.05) is 24.3 Å². The van der Waals surface area contributed by atoms with Crippen LogP contribution in [0.4, 0.5) is 11.4 Å². The minimum absolute atomic E-state index is 0.0340. The highest BCUT2D eigenvalue weighted by Crippen LogP contribution is 2.35. The summed E-state index contributed by atoms with van der Waals surface area (Å²) < 4.78 is 0. The number of nitrogens with zero attached hydrogens (tertiary/aromatic N) is 2. The number of carbonyl (C=O) groups is 2. The van der Waals surface area contributed by atoms with Gasteiger partial charge in [0.1, 0.15) is 0 Å². The van der Waals surface area contributed by atoms with Crippen molar-refractivity contribution in [3.05, 3.63) is 59.2 Å². The lowest BCUT2D eigenvalue weighted by Gasteiger charge is -2.26. The van der Waals surface area contributed by atoms with Crippen molar-refractivity contribution in [2.75, 3.05) is 16.3 Å². The lowest BCUT2D eigenvalue weighted by atomic mass is 10.1. The van der Waals surface area contributed by atoms with Crippen molar-refractivity contribution in [2.24, 2.45) is 5.92 Å². The van der Waals surface area contributed by atoms with E-state index < -0.39 is 0 Å². The fourth-order valence-electron chi connectivity index (χ4n) is 4.11. The van der Waals surface area contributed by atoms with E-state index in [0.29, 0.717) is 6.54 Å². The number of benzene rings is 2. The molecule has 2 amide bonds. The summed E-state index contributed by atoms with van der Waals surface area (Å²) in [6, 6.07) is 14.3. The van der Waals surface area contributed by atoms with Crippen molar-refractivity contribution in [1.82, 2.24) is 0 Å². The predicted molar refractivity (Wildman–Crippen MR) is 103 cm³/mol. The third-order valence-electron chi connectivity index (χ3n) is 5.72. The lowest BCUT2D eigenvalue weighted by Crippen LogP contribution is -2.41. The number of rotatable bonds is 2. The molecule has 4 heteroatoms. The van der Waals surface area contributed by atoms with Crippen molar-refractivity contribution in [1.29, 1.82) is 0 Å². The number of aryl methyl sites for hydroxylation is 2. The summed E-state index contributed by atoms with van der Waals surface area (Å²) in [4.78, 5) is 29.5. The van der Waals surface area contributed by atoms with Crippen LogP contribution in [0.2, 0.25) is 0 Å². The Morgan fingerprint density at radius 2 is 1.81 bits per heavy atom. The van der Waals surface area contributed by atoms with Gasteiger partial charge in [0.2, 0.25) is 11.8 Å². The molecular formula is C22H24N2O2. The zero-order valence-electron chi connectivity index (χ0n) is 15.5. The van der Waals surface area contributed by atoms with Gasteiger partial charge in [0.05, 0.1) is 5.92 Å². The van der Waals surface area contributed by atoms with E-state index in [1.54, 1.807) is 4.90 Å². The Balaban J connectivity index is 1.57. The summed E-state index contributed by atoms with van der Waals surface area (Å²) in [6.07, 6.45) is 1.17. The van der Waals surface area contributed by atoms with Crippen LogP contribution >= 0.6 is 0 Å². The van der Waals surface area contributed by atoms with Crippen molar-refractivity contribution >= 4 is 23.2 Å². The number of carbonyl (C=O) groups excluding carboxylic acids is 2. The third kappa shape index (κ3) is 2.70. The molecule has 2 aromatic carbocycles. The zero-order chi connectivity index (χ0) is 18.4. The van der Waals surface area contributed by atoms with Gasteiger partial charge < -0.3 is 9.80 Å². The lowest BCUT2D eigenvalue weighted by molar-refractivity contribution is -0.124. The second-order valence-corrected chi connectivity index (χ2v) is 7.56. The summed E-state index contributed by atoms with van der Waals surface area (Å²) in [5.74, 6) is -0.174. The van der Waals surface area contributed by atoms with E-state index in [1.807, 2.05) is 48.2 Å². The van der Waals surface area contributed by atoms with Crippen LogP contribution < -0.4 is 9.80 Å². The molecule has 2 aliphatic rings. The van der Waals surface area contributed by atoms with Gasteiger partial charge in [-0.25, -0.2) is 0 Å². The van der Waals surface area contributed by atoms with E-state index in [9.17, 15) is 9.59 Å². The van der Waals surface area contributed by atoms with E-state index in [0.717, 1.165) is 23.4 Å². The van der Waals surface area contributed by atoms with Crippen molar-refractivity contribution < 1.29 is 9.59 Å². The molecule has 1 saturated heterocycles. The van der Waals surface area contributed by atoms with Crippen LogP contribution in [0.1, 0.15) is 30.0 Å². The molecule has 2 heterocycles. The highest BCUT2D eigenvalue weighted by atomic mass is 16.2. The molecule has 0 radical (unpaired) electrons. The first-order valence-electron chi connectivity index (χ1n) is 9.24. The van der Waals surface area contributed by atoms with Gasteiger partial charge >= 0.3 is 0 Å². The van der Waals surface area contributed by atoms with E-state index in [4.69, 9.17) is 0 Å². The molecule has 2 aliphatic heterocycles. The number of fused-ring (bicyclic) bond motifs is 1. The molecule has 0 bridgehead atoms. The van der Waals surface area contributed by atoms with Gasteiger partial charge in [0, 0.05) is 30.4 Å². The van der Waals surface area contributed by atoms with E-state index in [-0.39, 0.29) is 30.2 Å². The maximum absolute atomic E-state index is 13.2. The zero-order valence-corrected chi connectivity index (χ0v) is 15.5. The van der Waals surface area contributed by atoms with E-state index >= 15 is 0 Å². The SMILES string of the molecule is Cc1ccc(N2C[C@@H](C(=O)N3c4ccccc4C[C@H]3C)CC2=O)cc1C. The molecular weight excluding hydrogens is 324 g/mol. The molecule has 0 aliphatic carbocycles. The van der Waals surface area contributed by atoms with Crippen LogP contribution in [-0.2, 0) is 16.0 Å². The van der Waals surface area contributed by atoms with Gasteiger partial charge in [-0.05, 0) is 62.1 Å². The predicted octanol–water partition coefficient (Wildman–Crippen LogP) is 3.63. The molecule has 0 spiro atoms. The Labute approximate surface area is 154 Å². The number of hydrogen-bond acceptors (Lipinski definition) is 2. The van der Waals surface area contributed by atoms with Crippen LogP contribution in [0.25, 0.3) is 0 Å². The van der Waals surface area contributed by atoms with Crippen molar-refractivity contribution in [3.8, 4) is 0 Å². The molecule has 26 heavy (non-hydrogen) atoms. The molecule has 4 nitrogen and oxygen atoms in total. The van der Waals surface area contributed by atoms with Gasteiger partial charge in [0.15, 0.2) is 0 Å². The smallest absolute Gasteiger partial charge is 0.232 e. The molecule has 0 aromatic heterocycles. The first-order valence-corrected chi connectivity index (χ1v) is 9.24. The topological polar surface area (TPSA) is 40.6 Å². The van der Waals surface area contributed by atoms with Crippen LogP contribution in [0.5, 0.6) is 0 Å². The molecule has 0 saturated carbocycles. The van der Waals surface area contributed by atoms with E-state index in [1.165, 1.54) is 11.1 Å².